The van der Waals surface area contributed by atoms with E-state index < -0.39 is 11.7 Å². The number of carbonyl (C=O) groups excluding carboxylic acids is 1. The van der Waals surface area contributed by atoms with E-state index in [-0.39, 0.29) is 17.2 Å². The third-order valence-corrected chi connectivity index (χ3v) is 5.22. The third kappa shape index (κ3) is 5.62. The minimum absolute atomic E-state index is 0.0716. The molecule has 140 valence electrons. The molecule has 0 aromatic heterocycles. The summed E-state index contributed by atoms with van der Waals surface area (Å²) >= 11 is 1.45. The molecule has 2 rings (SSSR count). The van der Waals surface area contributed by atoms with Crippen molar-refractivity contribution in [1.82, 2.24) is 10.2 Å². The molecule has 1 N–H and O–H groups in total. The summed E-state index contributed by atoms with van der Waals surface area (Å²) in [7, 11) is 0. The van der Waals surface area contributed by atoms with Gasteiger partial charge in [-0.3, -0.25) is 9.69 Å². The molecule has 2 atom stereocenters. The Labute approximate surface area is 150 Å². The molecule has 0 aliphatic carbocycles. The molecule has 25 heavy (non-hydrogen) atoms. The highest BCUT2D eigenvalue weighted by Gasteiger charge is 2.31. The van der Waals surface area contributed by atoms with E-state index in [0.29, 0.717) is 32.8 Å². The van der Waals surface area contributed by atoms with Crippen molar-refractivity contribution in [3.8, 4) is 0 Å². The molecule has 1 fully saturated rings. The van der Waals surface area contributed by atoms with E-state index in [1.165, 1.54) is 23.9 Å². The number of carbonyl (C=O) groups is 1. The van der Waals surface area contributed by atoms with Crippen LogP contribution < -0.4 is 5.32 Å². The third-order valence-electron chi connectivity index (χ3n) is 4.30. The zero-order chi connectivity index (χ0) is 18.4. The van der Waals surface area contributed by atoms with Gasteiger partial charge in [0, 0.05) is 19.6 Å². The lowest BCUT2D eigenvalue weighted by molar-refractivity contribution is -0.137. The highest BCUT2D eigenvalue weighted by atomic mass is 32.2. The molecule has 8 heteroatoms. The van der Waals surface area contributed by atoms with Gasteiger partial charge in [-0.1, -0.05) is 12.1 Å². The van der Waals surface area contributed by atoms with E-state index in [0.717, 1.165) is 17.7 Å². The maximum Gasteiger partial charge on any atom is 0.416 e. The number of amides is 1. The Kier molecular flexibility index (Phi) is 7.15. The number of hydrogen-bond donors (Lipinski definition) is 1. The average Bonchev–Trinajstić information content (AvgIpc) is 2.61. The van der Waals surface area contributed by atoms with Gasteiger partial charge in [0.1, 0.15) is 0 Å². The van der Waals surface area contributed by atoms with Gasteiger partial charge >= 0.3 is 6.18 Å². The number of alkyl halides is 3. The van der Waals surface area contributed by atoms with Gasteiger partial charge in [-0.15, -0.1) is 0 Å². The Morgan fingerprint density at radius 1 is 1.28 bits per heavy atom. The maximum atomic E-state index is 12.8. The topological polar surface area (TPSA) is 41.6 Å². The number of morpholine rings is 1. The van der Waals surface area contributed by atoms with Crippen LogP contribution in [0.25, 0.3) is 0 Å². The van der Waals surface area contributed by atoms with Gasteiger partial charge in [0.25, 0.3) is 0 Å². The molecule has 4 nitrogen and oxygen atoms in total. The highest BCUT2D eigenvalue weighted by molar-refractivity contribution is 7.99. The first-order valence-corrected chi connectivity index (χ1v) is 9.41. The summed E-state index contributed by atoms with van der Waals surface area (Å²) in [6.45, 7) is 4.69. The smallest absolute Gasteiger partial charge is 0.379 e. The van der Waals surface area contributed by atoms with E-state index >= 15 is 0 Å². The number of hydrogen-bond acceptors (Lipinski definition) is 4. The standard InChI is InChI=1S/C17H23F3N2O2S/c1-12(25-2)16(23)21-11-15(22-7-9-24-10-8-22)13-3-5-14(6-4-13)17(18,19)20/h3-6,12,15H,7-11H2,1-2H3,(H,21,23)/t12-,15+/m1/s1. The Bertz CT molecular complexity index is 560. The van der Waals surface area contributed by atoms with Crippen molar-refractivity contribution in [3.63, 3.8) is 0 Å². The molecule has 0 saturated carbocycles. The van der Waals surface area contributed by atoms with Gasteiger partial charge in [-0.2, -0.15) is 24.9 Å². The van der Waals surface area contributed by atoms with Gasteiger partial charge in [0.2, 0.25) is 5.91 Å². The maximum absolute atomic E-state index is 12.8. The zero-order valence-corrected chi connectivity index (χ0v) is 15.1. The van der Waals surface area contributed by atoms with Gasteiger partial charge in [0.15, 0.2) is 0 Å². The van der Waals surface area contributed by atoms with E-state index in [1.54, 1.807) is 0 Å². The summed E-state index contributed by atoms with van der Waals surface area (Å²) in [6.07, 6.45) is -2.49. The van der Waals surface area contributed by atoms with Gasteiger partial charge in [-0.05, 0) is 30.9 Å². The number of rotatable bonds is 6. The summed E-state index contributed by atoms with van der Waals surface area (Å²) in [5.41, 5.74) is 0.0871. The molecule has 0 bridgehead atoms. The second-order valence-electron chi connectivity index (χ2n) is 5.91. The van der Waals surface area contributed by atoms with E-state index in [4.69, 9.17) is 4.74 Å². The zero-order valence-electron chi connectivity index (χ0n) is 14.3. The number of nitrogens with zero attached hydrogens (tertiary/aromatic N) is 1. The van der Waals surface area contributed by atoms with Crippen LogP contribution in [0.15, 0.2) is 24.3 Å². The average molecular weight is 376 g/mol. The van der Waals surface area contributed by atoms with Crippen molar-refractivity contribution in [2.45, 2.75) is 24.4 Å². The fourth-order valence-corrected chi connectivity index (χ4v) is 2.99. The van der Waals surface area contributed by atoms with Crippen molar-refractivity contribution in [2.24, 2.45) is 0 Å². The lowest BCUT2D eigenvalue weighted by atomic mass is 10.0. The molecule has 1 aliphatic heterocycles. The largest absolute Gasteiger partial charge is 0.416 e. The van der Waals surface area contributed by atoms with Gasteiger partial charge in [0.05, 0.1) is 30.1 Å². The van der Waals surface area contributed by atoms with Crippen LogP contribution in [-0.4, -0.2) is 55.2 Å². The van der Waals surface area contributed by atoms with Crippen molar-refractivity contribution < 1.29 is 22.7 Å². The number of benzene rings is 1. The molecule has 0 unspecified atom stereocenters. The Hall–Kier alpha value is -1.25. The first-order valence-electron chi connectivity index (χ1n) is 8.12. The molecule has 1 aromatic rings. The lowest BCUT2D eigenvalue weighted by Gasteiger charge is -2.35. The van der Waals surface area contributed by atoms with E-state index in [9.17, 15) is 18.0 Å². The monoisotopic (exact) mass is 376 g/mol. The summed E-state index contributed by atoms with van der Waals surface area (Å²) in [6, 6.07) is 4.99. The van der Waals surface area contributed by atoms with Gasteiger partial charge in [-0.25, -0.2) is 0 Å². The fraction of sp³-hybridized carbons (Fsp3) is 0.588. The van der Waals surface area contributed by atoms with E-state index in [2.05, 4.69) is 10.2 Å². The normalized spacial score (nSPS) is 18.6. The number of nitrogens with one attached hydrogen (secondary N) is 1. The second-order valence-corrected chi connectivity index (χ2v) is 7.09. The van der Waals surface area contributed by atoms with Crippen LogP contribution in [0.2, 0.25) is 0 Å². The van der Waals surface area contributed by atoms with Crippen molar-refractivity contribution in [3.05, 3.63) is 35.4 Å². The Morgan fingerprint density at radius 2 is 1.88 bits per heavy atom. The summed E-state index contributed by atoms with van der Waals surface area (Å²) in [5.74, 6) is -0.0716. The highest BCUT2D eigenvalue weighted by Crippen LogP contribution is 2.31. The van der Waals surface area contributed by atoms with Crippen molar-refractivity contribution in [1.29, 1.82) is 0 Å². The fourth-order valence-electron chi connectivity index (χ4n) is 2.69. The molecular weight excluding hydrogens is 353 g/mol. The molecule has 0 radical (unpaired) electrons. The Balaban J connectivity index is 2.14. The van der Waals surface area contributed by atoms with E-state index in [1.807, 2.05) is 13.2 Å². The van der Waals surface area contributed by atoms with Crippen LogP contribution in [0.1, 0.15) is 24.1 Å². The quantitative estimate of drug-likeness (QED) is 0.829. The van der Waals surface area contributed by atoms with Crippen molar-refractivity contribution >= 4 is 17.7 Å². The van der Waals surface area contributed by atoms with Crippen LogP contribution in [0.4, 0.5) is 13.2 Å². The Morgan fingerprint density at radius 3 is 2.40 bits per heavy atom. The molecule has 1 aromatic carbocycles. The van der Waals surface area contributed by atoms with Crippen LogP contribution >= 0.6 is 11.8 Å². The first-order chi connectivity index (χ1) is 11.8. The number of thioether (sulfide) groups is 1. The van der Waals surface area contributed by atoms with Gasteiger partial charge < -0.3 is 10.1 Å². The minimum Gasteiger partial charge on any atom is -0.379 e. The lowest BCUT2D eigenvalue weighted by Crippen LogP contribution is -2.44. The predicted octanol–water partition coefficient (Wildman–Crippen LogP) is 2.95. The van der Waals surface area contributed by atoms with Crippen LogP contribution in [0.5, 0.6) is 0 Å². The SMILES string of the molecule is CS[C@H](C)C(=O)NC[C@@H](c1ccc(C(F)(F)F)cc1)N1CCOCC1. The van der Waals surface area contributed by atoms with Crippen LogP contribution in [-0.2, 0) is 15.7 Å². The number of halogens is 3. The summed E-state index contributed by atoms with van der Waals surface area (Å²) < 4.78 is 43.7. The molecule has 1 heterocycles. The van der Waals surface area contributed by atoms with Crippen molar-refractivity contribution in [2.75, 3.05) is 39.1 Å². The second kappa shape index (κ2) is 8.91. The molecule has 1 amide bonds. The predicted molar refractivity (Wildman–Crippen MR) is 92.6 cm³/mol. The van der Waals surface area contributed by atoms with Crippen LogP contribution in [0, 0.1) is 0 Å². The summed E-state index contributed by atoms with van der Waals surface area (Å²) in [5, 5.41) is 2.74. The van der Waals surface area contributed by atoms with Crippen LogP contribution in [0.3, 0.4) is 0 Å². The first kappa shape index (κ1) is 20.1. The number of ether oxygens (including phenoxy) is 1. The summed E-state index contributed by atoms with van der Waals surface area (Å²) in [4.78, 5) is 14.2. The molecular formula is C17H23F3N2O2S. The molecule has 0 spiro atoms. The molecule has 1 aliphatic rings. The molecule has 1 saturated heterocycles. The minimum atomic E-state index is -4.35.